The molecule has 0 amide bonds. The quantitative estimate of drug-likeness (QED) is 0.738. The van der Waals surface area contributed by atoms with Gasteiger partial charge in [0.05, 0.1) is 5.41 Å². The van der Waals surface area contributed by atoms with Crippen LogP contribution in [0.3, 0.4) is 0 Å². The van der Waals surface area contributed by atoms with E-state index in [1.807, 2.05) is 6.07 Å². The van der Waals surface area contributed by atoms with Gasteiger partial charge in [0.15, 0.2) is 0 Å². The van der Waals surface area contributed by atoms with Crippen molar-refractivity contribution in [2.75, 3.05) is 0 Å². The smallest absolute Gasteiger partial charge is 0.143 e. The fraction of sp³-hybridized carbons (Fsp3) is 0.562. The molecule has 0 saturated heterocycles. The van der Waals surface area contributed by atoms with Gasteiger partial charge in [-0.1, -0.05) is 56.5 Å². The lowest BCUT2D eigenvalue weighted by Gasteiger charge is -2.28. The molecule has 1 aromatic rings. The molecule has 1 aromatic carbocycles. The topological polar surface area (TPSA) is 17.1 Å². The third kappa shape index (κ3) is 2.43. The third-order valence-electron chi connectivity index (χ3n) is 4.07. The number of hydrogen-bond acceptors (Lipinski definition) is 1. The maximum absolute atomic E-state index is 12.5. The van der Waals surface area contributed by atoms with E-state index in [1.165, 1.54) is 18.4 Å². The van der Waals surface area contributed by atoms with Crippen molar-refractivity contribution in [1.82, 2.24) is 0 Å². The van der Waals surface area contributed by atoms with Crippen LogP contribution in [-0.2, 0) is 10.2 Å². The highest BCUT2D eigenvalue weighted by Crippen LogP contribution is 2.42. The lowest BCUT2D eigenvalue weighted by atomic mass is 9.74. The van der Waals surface area contributed by atoms with E-state index < -0.39 is 0 Å². The number of ketones is 1. The first kappa shape index (κ1) is 12.3. The molecule has 0 N–H and O–H groups in total. The van der Waals surface area contributed by atoms with Crippen LogP contribution in [0.4, 0.5) is 0 Å². The molecule has 0 aromatic heterocycles. The van der Waals surface area contributed by atoms with Gasteiger partial charge in [-0.05, 0) is 24.8 Å². The molecule has 0 aliphatic heterocycles. The molecule has 0 bridgehead atoms. The van der Waals surface area contributed by atoms with Gasteiger partial charge in [-0.3, -0.25) is 4.79 Å². The summed E-state index contributed by atoms with van der Waals surface area (Å²) in [6, 6.07) is 10.4. The van der Waals surface area contributed by atoms with Crippen LogP contribution in [0.25, 0.3) is 0 Å². The van der Waals surface area contributed by atoms with Gasteiger partial charge in [0.1, 0.15) is 5.78 Å². The fourth-order valence-corrected chi connectivity index (χ4v) is 3.04. The molecular weight excluding hydrogens is 208 g/mol. The number of rotatable bonds is 5. The third-order valence-corrected chi connectivity index (χ3v) is 4.07. The van der Waals surface area contributed by atoms with E-state index in [4.69, 9.17) is 0 Å². The van der Waals surface area contributed by atoms with E-state index in [2.05, 4.69) is 31.2 Å². The van der Waals surface area contributed by atoms with Crippen molar-refractivity contribution >= 4 is 5.78 Å². The van der Waals surface area contributed by atoms with Crippen molar-refractivity contribution in [1.29, 1.82) is 0 Å². The Morgan fingerprint density at radius 3 is 2.41 bits per heavy atom. The Kier molecular flexibility index (Phi) is 3.98. The molecule has 0 spiro atoms. The van der Waals surface area contributed by atoms with Crippen LogP contribution >= 0.6 is 0 Å². The van der Waals surface area contributed by atoms with Crippen molar-refractivity contribution in [3.8, 4) is 0 Å². The number of benzene rings is 1. The zero-order chi connectivity index (χ0) is 12.1. The summed E-state index contributed by atoms with van der Waals surface area (Å²) in [7, 11) is 0. The average Bonchev–Trinajstić information content (AvgIpc) is 2.87. The maximum Gasteiger partial charge on any atom is 0.143 e. The molecular formula is C16H22O. The summed E-state index contributed by atoms with van der Waals surface area (Å²) in [5.74, 6) is 0.475. The van der Waals surface area contributed by atoms with Gasteiger partial charge < -0.3 is 0 Å². The van der Waals surface area contributed by atoms with Crippen LogP contribution < -0.4 is 0 Å². The lowest BCUT2D eigenvalue weighted by Crippen LogP contribution is -2.32. The zero-order valence-corrected chi connectivity index (χ0v) is 10.7. The minimum atomic E-state index is -0.142. The second kappa shape index (κ2) is 5.48. The fourth-order valence-electron chi connectivity index (χ4n) is 3.04. The van der Waals surface area contributed by atoms with E-state index in [-0.39, 0.29) is 5.41 Å². The molecule has 1 aliphatic rings. The first-order chi connectivity index (χ1) is 8.29. The predicted octanol–water partition coefficient (Wildman–Crippen LogP) is 4.26. The SMILES string of the molecule is CCCCC(=O)C1(c2ccccc2)CCCC1. The normalized spacial score (nSPS) is 18.2. The summed E-state index contributed by atoms with van der Waals surface area (Å²) in [4.78, 5) is 12.5. The Hall–Kier alpha value is -1.11. The maximum atomic E-state index is 12.5. The largest absolute Gasteiger partial charge is 0.299 e. The number of unbranched alkanes of at least 4 members (excludes halogenated alkanes) is 1. The Morgan fingerprint density at radius 1 is 1.18 bits per heavy atom. The Labute approximate surface area is 104 Å². The molecule has 1 fully saturated rings. The number of carbonyl (C=O) groups excluding carboxylic acids is 1. The first-order valence-electron chi connectivity index (χ1n) is 6.88. The number of carbonyl (C=O) groups is 1. The van der Waals surface area contributed by atoms with Gasteiger partial charge >= 0.3 is 0 Å². The molecule has 17 heavy (non-hydrogen) atoms. The van der Waals surface area contributed by atoms with Crippen LogP contribution in [-0.4, -0.2) is 5.78 Å². The summed E-state index contributed by atoms with van der Waals surface area (Å²) in [6.45, 7) is 2.15. The Balaban J connectivity index is 2.24. The van der Waals surface area contributed by atoms with Crippen LogP contribution in [0, 0.1) is 0 Å². The van der Waals surface area contributed by atoms with E-state index >= 15 is 0 Å². The lowest BCUT2D eigenvalue weighted by molar-refractivity contribution is -0.124. The van der Waals surface area contributed by atoms with Crippen LogP contribution in [0.15, 0.2) is 30.3 Å². The van der Waals surface area contributed by atoms with Crippen molar-refractivity contribution < 1.29 is 4.79 Å². The van der Waals surface area contributed by atoms with Gasteiger partial charge in [-0.25, -0.2) is 0 Å². The minimum Gasteiger partial charge on any atom is -0.299 e. The monoisotopic (exact) mass is 230 g/mol. The number of Topliss-reactive ketones (excluding diaryl/α,β-unsaturated/α-hetero) is 1. The van der Waals surface area contributed by atoms with Crippen molar-refractivity contribution in [3.63, 3.8) is 0 Å². The van der Waals surface area contributed by atoms with E-state index in [1.54, 1.807) is 0 Å². The Morgan fingerprint density at radius 2 is 1.82 bits per heavy atom. The van der Waals surface area contributed by atoms with Gasteiger partial charge in [0.25, 0.3) is 0 Å². The molecule has 0 radical (unpaired) electrons. The standard InChI is InChI=1S/C16H22O/c1-2-3-11-15(17)16(12-7-8-13-16)14-9-5-4-6-10-14/h4-6,9-10H,2-3,7-8,11-13H2,1H3. The highest BCUT2D eigenvalue weighted by atomic mass is 16.1. The molecule has 1 heteroatoms. The van der Waals surface area contributed by atoms with Crippen molar-refractivity contribution in [2.24, 2.45) is 0 Å². The highest BCUT2D eigenvalue weighted by molar-refractivity contribution is 5.90. The first-order valence-corrected chi connectivity index (χ1v) is 6.88. The Bertz CT molecular complexity index is 360. The van der Waals surface area contributed by atoms with Gasteiger partial charge in [0.2, 0.25) is 0 Å². The highest BCUT2D eigenvalue weighted by Gasteiger charge is 2.41. The molecule has 0 atom stereocenters. The minimum absolute atomic E-state index is 0.142. The molecule has 0 unspecified atom stereocenters. The van der Waals surface area contributed by atoms with Gasteiger partial charge in [-0.2, -0.15) is 0 Å². The summed E-state index contributed by atoms with van der Waals surface area (Å²) >= 11 is 0. The summed E-state index contributed by atoms with van der Waals surface area (Å²) < 4.78 is 0. The molecule has 2 rings (SSSR count). The molecule has 0 heterocycles. The summed E-state index contributed by atoms with van der Waals surface area (Å²) in [5, 5.41) is 0. The zero-order valence-electron chi connectivity index (χ0n) is 10.7. The van der Waals surface area contributed by atoms with Crippen LogP contribution in [0.2, 0.25) is 0 Å². The average molecular weight is 230 g/mol. The predicted molar refractivity (Wildman–Crippen MR) is 71.1 cm³/mol. The molecule has 1 saturated carbocycles. The molecule has 92 valence electrons. The van der Waals surface area contributed by atoms with E-state index in [0.29, 0.717) is 5.78 Å². The second-order valence-corrected chi connectivity index (χ2v) is 5.18. The van der Waals surface area contributed by atoms with Crippen molar-refractivity contribution in [2.45, 2.75) is 57.3 Å². The second-order valence-electron chi connectivity index (χ2n) is 5.18. The van der Waals surface area contributed by atoms with Gasteiger partial charge in [0, 0.05) is 6.42 Å². The number of hydrogen-bond donors (Lipinski definition) is 0. The summed E-state index contributed by atoms with van der Waals surface area (Å²) in [6.07, 6.45) is 7.41. The summed E-state index contributed by atoms with van der Waals surface area (Å²) in [5.41, 5.74) is 1.11. The van der Waals surface area contributed by atoms with Gasteiger partial charge in [-0.15, -0.1) is 0 Å². The van der Waals surface area contributed by atoms with Crippen LogP contribution in [0.5, 0.6) is 0 Å². The van der Waals surface area contributed by atoms with E-state index in [0.717, 1.165) is 32.1 Å². The molecule has 1 aliphatic carbocycles. The molecule has 1 nitrogen and oxygen atoms in total. The van der Waals surface area contributed by atoms with E-state index in [9.17, 15) is 4.79 Å². The van der Waals surface area contributed by atoms with Crippen molar-refractivity contribution in [3.05, 3.63) is 35.9 Å². The van der Waals surface area contributed by atoms with Crippen LogP contribution in [0.1, 0.15) is 57.4 Å².